The molecule has 1 N–H and O–H groups in total. The Morgan fingerprint density at radius 2 is 1.86 bits per heavy atom. The van der Waals surface area contributed by atoms with Crippen LogP contribution in [0.15, 0.2) is 12.1 Å². The van der Waals surface area contributed by atoms with E-state index in [2.05, 4.69) is 5.32 Å². The van der Waals surface area contributed by atoms with Gasteiger partial charge in [-0.2, -0.15) is 0 Å². The Kier molecular flexibility index (Phi) is 3.83. The molecule has 0 bridgehead atoms. The topological polar surface area (TPSA) is 32.3 Å². The highest BCUT2D eigenvalue weighted by atomic mass is 19.1. The predicted octanol–water partition coefficient (Wildman–Crippen LogP) is 3.41. The van der Waals surface area contributed by atoms with Crippen molar-refractivity contribution in [3.63, 3.8) is 0 Å². The van der Waals surface area contributed by atoms with Crippen LogP contribution in [-0.4, -0.2) is 29.9 Å². The fraction of sp³-hybridized carbons (Fsp3) is 0.562. The third-order valence-electron chi connectivity index (χ3n) is 4.04. The number of halogens is 2. The first-order valence-corrected chi connectivity index (χ1v) is 7.64. The van der Waals surface area contributed by atoms with E-state index < -0.39 is 11.6 Å². The van der Waals surface area contributed by atoms with Gasteiger partial charge in [-0.25, -0.2) is 8.78 Å². The number of anilines is 1. The summed E-state index contributed by atoms with van der Waals surface area (Å²) >= 11 is 0. The average molecular weight is 294 g/mol. The van der Waals surface area contributed by atoms with Crippen molar-refractivity contribution in [2.45, 2.75) is 38.6 Å². The fourth-order valence-corrected chi connectivity index (χ4v) is 2.57. The van der Waals surface area contributed by atoms with E-state index in [0.717, 1.165) is 44.4 Å². The highest BCUT2D eigenvalue weighted by molar-refractivity contribution is 5.95. The summed E-state index contributed by atoms with van der Waals surface area (Å²) in [5, 5.41) is 2.64. The maximum absolute atomic E-state index is 13.9. The second-order valence-corrected chi connectivity index (χ2v) is 5.98. The minimum atomic E-state index is -0.706. The van der Waals surface area contributed by atoms with Gasteiger partial charge in [0.2, 0.25) is 0 Å². The van der Waals surface area contributed by atoms with Crippen molar-refractivity contribution >= 4 is 11.6 Å². The molecule has 0 aromatic heterocycles. The minimum absolute atomic E-state index is 0.110. The van der Waals surface area contributed by atoms with Crippen molar-refractivity contribution in [1.82, 2.24) is 4.90 Å². The monoisotopic (exact) mass is 294 g/mol. The number of rotatable bonds is 6. The van der Waals surface area contributed by atoms with Crippen molar-refractivity contribution in [2.75, 3.05) is 18.4 Å². The minimum Gasteiger partial charge on any atom is -0.381 e. The summed E-state index contributed by atoms with van der Waals surface area (Å²) in [6, 6.07) is 2.55. The Hall–Kier alpha value is -1.65. The van der Waals surface area contributed by atoms with Crippen molar-refractivity contribution in [2.24, 2.45) is 5.92 Å². The lowest BCUT2D eigenvalue weighted by Gasteiger charge is -2.22. The van der Waals surface area contributed by atoms with E-state index in [-0.39, 0.29) is 23.2 Å². The van der Waals surface area contributed by atoms with E-state index in [4.69, 9.17) is 0 Å². The van der Waals surface area contributed by atoms with Crippen LogP contribution in [0.25, 0.3) is 0 Å². The fourth-order valence-electron chi connectivity index (χ4n) is 2.57. The molecule has 0 heterocycles. The smallest absolute Gasteiger partial charge is 0.254 e. The van der Waals surface area contributed by atoms with Gasteiger partial charge in [0.05, 0.1) is 0 Å². The molecule has 3 nitrogen and oxygen atoms in total. The molecular formula is C16H20F2N2O. The summed E-state index contributed by atoms with van der Waals surface area (Å²) in [5.74, 6) is -1.08. The van der Waals surface area contributed by atoms with Crippen molar-refractivity contribution in [1.29, 1.82) is 0 Å². The zero-order valence-corrected chi connectivity index (χ0v) is 12.2. The van der Waals surface area contributed by atoms with Gasteiger partial charge in [0, 0.05) is 24.7 Å². The molecule has 0 aliphatic heterocycles. The lowest BCUT2D eigenvalue weighted by atomic mass is 10.1. The second kappa shape index (κ2) is 5.62. The first kappa shape index (κ1) is 14.3. The first-order chi connectivity index (χ1) is 10.1. The maximum atomic E-state index is 13.9. The van der Waals surface area contributed by atoms with Gasteiger partial charge < -0.3 is 10.2 Å². The van der Waals surface area contributed by atoms with Crippen LogP contribution in [0.5, 0.6) is 0 Å². The molecule has 0 unspecified atom stereocenters. The van der Waals surface area contributed by atoms with E-state index in [1.165, 1.54) is 0 Å². The van der Waals surface area contributed by atoms with Crippen LogP contribution in [0.2, 0.25) is 0 Å². The van der Waals surface area contributed by atoms with Gasteiger partial charge >= 0.3 is 0 Å². The number of nitrogens with zero attached hydrogens (tertiary/aromatic N) is 1. The molecule has 2 fully saturated rings. The zero-order valence-electron chi connectivity index (χ0n) is 12.2. The molecule has 3 rings (SSSR count). The maximum Gasteiger partial charge on any atom is 0.254 e. The third kappa shape index (κ3) is 3.17. The number of hydrogen-bond acceptors (Lipinski definition) is 2. The Bertz CT molecular complexity index is 530. The van der Waals surface area contributed by atoms with Crippen molar-refractivity contribution in [3.8, 4) is 0 Å². The summed E-state index contributed by atoms with van der Waals surface area (Å²) in [4.78, 5) is 14.3. The Morgan fingerprint density at radius 3 is 2.33 bits per heavy atom. The highest BCUT2D eigenvalue weighted by Gasteiger charge is 2.37. The van der Waals surface area contributed by atoms with Crippen LogP contribution in [0, 0.1) is 17.6 Å². The predicted molar refractivity (Wildman–Crippen MR) is 77.3 cm³/mol. The molecule has 0 saturated heterocycles. The molecule has 1 aromatic rings. The quantitative estimate of drug-likeness (QED) is 0.872. The van der Waals surface area contributed by atoms with Crippen LogP contribution in [0.3, 0.4) is 0 Å². The normalized spacial score (nSPS) is 17.7. The highest BCUT2D eigenvalue weighted by Crippen LogP contribution is 2.36. The molecule has 5 heteroatoms. The SMILES string of the molecule is CCNc1c(F)cc(C(=O)N(CC2CC2)C2CC2)cc1F. The van der Waals surface area contributed by atoms with Gasteiger partial charge in [-0.3, -0.25) is 4.79 Å². The molecule has 2 aliphatic carbocycles. The number of carbonyl (C=O) groups excluding carboxylic acids is 1. The van der Waals surface area contributed by atoms with E-state index in [0.29, 0.717) is 12.5 Å². The number of benzene rings is 1. The largest absolute Gasteiger partial charge is 0.381 e. The number of amides is 1. The van der Waals surface area contributed by atoms with Crippen LogP contribution in [0.1, 0.15) is 43.0 Å². The second-order valence-electron chi connectivity index (χ2n) is 5.98. The van der Waals surface area contributed by atoms with Gasteiger partial charge in [-0.15, -0.1) is 0 Å². The van der Waals surface area contributed by atoms with Crippen molar-refractivity contribution < 1.29 is 13.6 Å². The Morgan fingerprint density at radius 1 is 1.24 bits per heavy atom. The van der Waals surface area contributed by atoms with Gasteiger partial charge in [0.15, 0.2) is 0 Å². The van der Waals surface area contributed by atoms with E-state index in [1.54, 1.807) is 11.8 Å². The summed E-state index contributed by atoms with van der Waals surface area (Å²) < 4.78 is 27.9. The van der Waals surface area contributed by atoms with Crippen LogP contribution in [0.4, 0.5) is 14.5 Å². The summed E-state index contributed by atoms with van der Waals surface area (Å²) in [6.45, 7) is 2.92. The Labute approximate surface area is 123 Å². The molecule has 2 saturated carbocycles. The molecule has 2 aliphatic rings. The molecule has 1 amide bonds. The molecule has 1 aromatic carbocycles. The molecule has 0 spiro atoms. The number of nitrogens with one attached hydrogen (secondary N) is 1. The van der Waals surface area contributed by atoms with Gasteiger partial charge in [0.1, 0.15) is 17.3 Å². The molecule has 114 valence electrons. The standard InChI is InChI=1S/C16H20F2N2O/c1-2-19-15-13(17)7-11(8-14(15)18)16(21)20(12-5-6-12)9-10-3-4-10/h7-8,10,12,19H,2-6,9H2,1H3. The summed E-state index contributed by atoms with van der Waals surface area (Å²) in [6.07, 6.45) is 4.30. The lowest BCUT2D eigenvalue weighted by molar-refractivity contribution is 0.0734. The van der Waals surface area contributed by atoms with E-state index >= 15 is 0 Å². The van der Waals surface area contributed by atoms with Gasteiger partial charge in [0.25, 0.3) is 5.91 Å². The van der Waals surface area contributed by atoms with Gasteiger partial charge in [-0.05, 0) is 50.7 Å². The molecule has 0 atom stereocenters. The molecular weight excluding hydrogens is 274 g/mol. The zero-order chi connectivity index (χ0) is 15.0. The van der Waals surface area contributed by atoms with E-state index in [1.807, 2.05) is 0 Å². The summed E-state index contributed by atoms with van der Waals surface area (Å²) in [5.41, 5.74) is -0.0478. The van der Waals surface area contributed by atoms with Crippen LogP contribution < -0.4 is 5.32 Å². The lowest BCUT2D eigenvalue weighted by Crippen LogP contribution is -2.35. The summed E-state index contributed by atoms with van der Waals surface area (Å²) in [7, 11) is 0. The molecule has 21 heavy (non-hydrogen) atoms. The first-order valence-electron chi connectivity index (χ1n) is 7.64. The van der Waals surface area contributed by atoms with Crippen LogP contribution in [-0.2, 0) is 0 Å². The average Bonchev–Trinajstić information content (AvgIpc) is 3.32. The van der Waals surface area contributed by atoms with Crippen molar-refractivity contribution in [3.05, 3.63) is 29.3 Å². The van der Waals surface area contributed by atoms with Gasteiger partial charge in [-0.1, -0.05) is 0 Å². The number of carbonyl (C=O) groups is 1. The molecule has 0 radical (unpaired) electrons. The number of hydrogen-bond donors (Lipinski definition) is 1. The van der Waals surface area contributed by atoms with Crippen LogP contribution >= 0.6 is 0 Å². The third-order valence-corrected chi connectivity index (χ3v) is 4.04. The Balaban J connectivity index is 1.82. The van der Waals surface area contributed by atoms with E-state index in [9.17, 15) is 13.6 Å².